The van der Waals surface area contributed by atoms with E-state index in [9.17, 15) is 0 Å². The van der Waals surface area contributed by atoms with Crippen molar-refractivity contribution in [1.29, 1.82) is 0 Å². The first-order chi connectivity index (χ1) is 7.93. The number of hydrogen-bond acceptors (Lipinski definition) is 4. The van der Waals surface area contributed by atoms with Gasteiger partial charge in [0.15, 0.2) is 0 Å². The molecule has 1 aliphatic rings. The second-order valence-corrected chi connectivity index (χ2v) is 3.99. The van der Waals surface area contributed by atoms with Gasteiger partial charge in [-0.05, 0) is 25.3 Å². The highest BCUT2D eigenvalue weighted by Gasteiger charge is 2.16. The van der Waals surface area contributed by atoms with Gasteiger partial charge in [-0.2, -0.15) is 0 Å². The molecule has 0 saturated carbocycles. The Labute approximate surface area is 93.7 Å². The predicted octanol–water partition coefficient (Wildman–Crippen LogP) is 2.17. The molecular weight excluding hydrogens is 202 g/mol. The third kappa shape index (κ3) is 1.66. The highest BCUT2D eigenvalue weighted by molar-refractivity contribution is 5.48. The maximum Gasteiger partial charge on any atom is 0.133 e. The summed E-state index contributed by atoms with van der Waals surface area (Å²) in [6, 6.07) is 1.95. The number of rotatable bonds is 3. The molecule has 82 valence electrons. The molecule has 1 N–H and O–H groups in total. The van der Waals surface area contributed by atoms with Gasteiger partial charge in [-0.15, -0.1) is 0 Å². The average molecular weight is 215 g/mol. The Hall–Kier alpha value is -1.84. The van der Waals surface area contributed by atoms with Crippen molar-refractivity contribution in [2.45, 2.75) is 25.8 Å². The Morgan fingerprint density at radius 3 is 3.19 bits per heavy atom. The SMILES string of the molecule is c1nc2c(c(NCc3ccoc3)n1)CCC2. The minimum atomic E-state index is 0.750. The van der Waals surface area contributed by atoms with Crippen LogP contribution in [0.3, 0.4) is 0 Å². The number of fused-ring (bicyclic) bond motifs is 1. The van der Waals surface area contributed by atoms with Crippen molar-refractivity contribution in [3.63, 3.8) is 0 Å². The van der Waals surface area contributed by atoms with Crippen molar-refractivity contribution < 1.29 is 4.42 Å². The minimum Gasteiger partial charge on any atom is -0.472 e. The van der Waals surface area contributed by atoms with Gasteiger partial charge in [0.1, 0.15) is 12.1 Å². The van der Waals surface area contributed by atoms with Crippen LogP contribution in [-0.4, -0.2) is 9.97 Å². The van der Waals surface area contributed by atoms with Gasteiger partial charge in [0, 0.05) is 23.4 Å². The Bertz CT molecular complexity index is 479. The van der Waals surface area contributed by atoms with Crippen molar-refractivity contribution >= 4 is 5.82 Å². The lowest BCUT2D eigenvalue weighted by atomic mass is 10.2. The van der Waals surface area contributed by atoms with E-state index in [1.165, 1.54) is 17.7 Å². The largest absolute Gasteiger partial charge is 0.472 e. The molecule has 4 nitrogen and oxygen atoms in total. The number of aryl methyl sites for hydroxylation is 1. The van der Waals surface area contributed by atoms with Crippen LogP contribution >= 0.6 is 0 Å². The maximum atomic E-state index is 5.02. The minimum absolute atomic E-state index is 0.750. The quantitative estimate of drug-likeness (QED) is 0.852. The third-order valence-electron chi connectivity index (χ3n) is 2.92. The zero-order valence-electron chi connectivity index (χ0n) is 8.94. The highest BCUT2D eigenvalue weighted by Crippen LogP contribution is 2.25. The van der Waals surface area contributed by atoms with Gasteiger partial charge in [0.25, 0.3) is 0 Å². The number of anilines is 1. The van der Waals surface area contributed by atoms with Crippen LogP contribution in [0.2, 0.25) is 0 Å². The Morgan fingerprint density at radius 1 is 1.31 bits per heavy atom. The summed E-state index contributed by atoms with van der Waals surface area (Å²) in [7, 11) is 0. The fourth-order valence-electron chi connectivity index (χ4n) is 2.09. The summed E-state index contributed by atoms with van der Waals surface area (Å²) in [6.07, 6.45) is 8.42. The van der Waals surface area contributed by atoms with Crippen molar-refractivity contribution in [3.8, 4) is 0 Å². The average Bonchev–Trinajstić information content (AvgIpc) is 2.97. The number of aromatic nitrogens is 2. The van der Waals surface area contributed by atoms with Gasteiger partial charge in [-0.3, -0.25) is 0 Å². The standard InChI is InChI=1S/C12H13N3O/c1-2-10-11(3-1)14-8-15-12(10)13-6-9-4-5-16-7-9/h4-5,7-8H,1-3,6H2,(H,13,14,15). The summed E-state index contributed by atoms with van der Waals surface area (Å²) in [5.41, 5.74) is 3.61. The summed E-state index contributed by atoms with van der Waals surface area (Å²) in [6.45, 7) is 0.750. The Morgan fingerprint density at radius 2 is 2.31 bits per heavy atom. The molecule has 0 aliphatic heterocycles. The van der Waals surface area contributed by atoms with Crippen molar-refractivity contribution in [2.24, 2.45) is 0 Å². The number of nitrogens with one attached hydrogen (secondary N) is 1. The predicted molar refractivity (Wildman–Crippen MR) is 60.1 cm³/mol. The van der Waals surface area contributed by atoms with Crippen LogP contribution in [0.5, 0.6) is 0 Å². The van der Waals surface area contributed by atoms with Crippen LogP contribution in [-0.2, 0) is 19.4 Å². The van der Waals surface area contributed by atoms with E-state index >= 15 is 0 Å². The summed E-state index contributed by atoms with van der Waals surface area (Å²) < 4.78 is 5.02. The van der Waals surface area contributed by atoms with Crippen molar-refractivity contribution in [1.82, 2.24) is 9.97 Å². The van der Waals surface area contributed by atoms with Gasteiger partial charge in [-0.1, -0.05) is 0 Å². The number of furan rings is 1. The molecular formula is C12H13N3O. The lowest BCUT2D eigenvalue weighted by Crippen LogP contribution is -2.04. The number of hydrogen-bond donors (Lipinski definition) is 1. The second-order valence-electron chi connectivity index (χ2n) is 3.99. The molecule has 0 radical (unpaired) electrons. The smallest absolute Gasteiger partial charge is 0.133 e. The fourth-order valence-corrected chi connectivity index (χ4v) is 2.09. The molecule has 0 bridgehead atoms. The second kappa shape index (κ2) is 3.96. The topological polar surface area (TPSA) is 51.0 Å². The van der Waals surface area contributed by atoms with E-state index in [1.54, 1.807) is 18.9 Å². The molecule has 4 heteroatoms. The summed E-state index contributed by atoms with van der Waals surface area (Å²) >= 11 is 0. The van der Waals surface area contributed by atoms with Gasteiger partial charge in [-0.25, -0.2) is 9.97 Å². The van der Waals surface area contributed by atoms with E-state index in [4.69, 9.17) is 4.42 Å². The third-order valence-corrected chi connectivity index (χ3v) is 2.92. The zero-order valence-corrected chi connectivity index (χ0v) is 8.94. The van der Waals surface area contributed by atoms with Crippen molar-refractivity contribution in [3.05, 3.63) is 41.7 Å². The molecule has 2 aromatic rings. The molecule has 0 spiro atoms. The summed E-state index contributed by atoms with van der Waals surface area (Å²) in [5.74, 6) is 0.976. The molecule has 0 unspecified atom stereocenters. The Balaban J connectivity index is 1.78. The van der Waals surface area contributed by atoms with Crippen LogP contribution in [0, 0.1) is 0 Å². The fraction of sp³-hybridized carbons (Fsp3) is 0.333. The molecule has 0 atom stereocenters. The molecule has 16 heavy (non-hydrogen) atoms. The first-order valence-corrected chi connectivity index (χ1v) is 5.51. The van der Waals surface area contributed by atoms with Crippen LogP contribution in [0.25, 0.3) is 0 Å². The van der Waals surface area contributed by atoms with E-state index in [0.717, 1.165) is 30.8 Å². The molecule has 0 amide bonds. The van der Waals surface area contributed by atoms with E-state index in [2.05, 4.69) is 15.3 Å². The molecule has 2 heterocycles. The normalized spacial score (nSPS) is 13.8. The first kappa shape index (κ1) is 9.39. The van der Waals surface area contributed by atoms with Crippen LogP contribution in [0.4, 0.5) is 5.82 Å². The Kier molecular flexibility index (Phi) is 2.33. The van der Waals surface area contributed by atoms with Crippen LogP contribution in [0.15, 0.2) is 29.3 Å². The van der Waals surface area contributed by atoms with Crippen molar-refractivity contribution in [2.75, 3.05) is 5.32 Å². The van der Waals surface area contributed by atoms with Crippen LogP contribution < -0.4 is 5.32 Å². The monoisotopic (exact) mass is 215 g/mol. The van der Waals surface area contributed by atoms with E-state index in [1.807, 2.05) is 6.07 Å². The lowest BCUT2D eigenvalue weighted by molar-refractivity contribution is 0.564. The molecule has 0 saturated heterocycles. The molecule has 1 aliphatic carbocycles. The summed E-state index contributed by atoms with van der Waals surface area (Å²) in [5, 5.41) is 3.34. The maximum absolute atomic E-state index is 5.02. The zero-order chi connectivity index (χ0) is 10.8. The van der Waals surface area contributed by atoms with Gasteiger partial charge in [0.05, 0.1) is 12.5 Å². The molecule has 3 rings (SSSR count). The van der Waals surface area contributed by atoms with E-state index < -0.39 is 0 Å². The van der Waals surface area contributed by atoms with E-state index in [-0.39, 0.29) is 0 Å². The first-order valence-electron chi connectivity index (χ1n) is 5.51. The highest BCUT2D eigenvalue weighted by atomic mass is 16.3. The summed E-state index contributed by atoms with van der Waals surface area (Å²) in [4.78, 5) is 8.59. The lowest BCUT2D eigenvalue weighted by Gasteiger charge is -2.08. The number of nitrogens with zero attached hydrogens (tertiary/aromatic N) is 2. The van der Waals surface area contributed by atoms with Gasteiger partial charge >= 0.3 is 0 Å². The van der Waals surface area contributed by atoms with Gasteiger partial charge < -0.3 is 9.73 Å². The molecule has 0 aromatic carbocycles. The van der Waals surface area contributed by atoms with Crippen LogP contribution in [0.1, 0.15) is 23.2 Å². The van der Waals surface area contributed by atoms with Gasteiger partial charge in [0.2, 0.25) is 0 Å². The molecule has 2 aromatic heterocycles. The molecule has 0 fully saturated rings. The van der Waals surface area contributed by atoms with E-state index in [0.29, 0.717) is 0 Å².